The van der Waals surface area contributed by atoms with Gasteiger partial charge in [0.2, 0.25) is 5.91 Å². The summed E-state index contributed by atoms with van der Waals surface area (Å²) in [5.74, 6) is 1.78. The van der Waals surface area contributed by atoms with Crippen molar-refractivity contribution in [3.05, 3.63) is 23.8 Å². The van der Waals surface area contributed by atoms with E-state index in [0.29, 0.717) is 6.54 Å². The van der Waals surface area contributed by atoms with Gasteiger partial charge in [0.05, 0.1) is 20.1 Å². The molecule has 1 aliphatic heterocycles. The summed E-state index contributed by atoms with van der Waals surface area (Å²) in [5.41, 5.74) is 0.984. The number of carbonyl (C=O) groups is 1. The molecule has 2 rings (SSSR count). The van der Waals surface area contributed by atoms with Gasteiger partial charge in [-0.15, -0.1) is 12.4 Å². The van der Waals surface area contributed by atoms with E-state index in [4.69, 9.17) is 9.47 Å². The molecule has 1 N–H and O–H groups in total. The lowest BCUT2D eigenvalue weighted by Crippen LogP contribution is -2.41. The molecule has 124 valence electrons. The average molecular weight is 329 g/mol. The Labute approximate surface area is 138 Å². The number of ether oxygens (including phenoxy) is 2. The van der Waals surface area contributed by atoms with E-state index in [2.05, 4.69) is 5.32 Å². The molecular weight excluding hydrogens is 304 g/mol. The normalized spacial score (nSPS) is 17.3. The Kier molecular flexibility index (Phi) is 7.48. The van der Waals surface area contributed by atoms with E-state index in [9.17, 15) is 4.79 Å². The van der Waals surface area contributed by atoms with Crippen molar-refractivity contribution in [1.29, 1.82) is 0 Å². The first-order valence-corrected chi connectivity index (χ1v) is 7.32. The summed E-state index contributed by atoms with van der Waals surface area (Å²) in [4.78, 5) is 14.2. The van der Waals surface area contributed by atoms with Crippen LogP contribution >= 0.6 is 12.4 Å². The fourth-order valence-electron chi connectivity index (χ4n) is 2.69. The summed E-state index contributed by atoms with van der Waals surface area (Å²) >= 11 is 0. The van der Waals surface area contributed by atoms with Crippen LogP contribution in [0.25, 0.3) is 0 Å². The molecule has 6 heteroatoms. The van der Waals surface area contributed by atoms with Gasteiger partial charge < -0.3 is 19.7 Å². The number of amides is 1. The summed E-state index contributed by atoms with van der Waals surface area (Å²) in [6.07, 6.45) is 2.03. The van der Waals surface area contributed by atoms with Gasteiger partial charge >= 0.3 is 0 Å². The number of carbonyl (C=O) groups excluding carboxylic acids is 1. The van der Waals surface area contributed by atoms with E-state index in [1.54, 1.807) is 19.1 Å². The molecule has 0 aliphatic carbocycles. The van der Waals surface area contributed by atoms with Crippen LogP contribution in [-0.4, -0.2) is 45.2 Å². The molecule has 0 spiro atoms. The van der Waals surface area contributed by atoms with Gasteiger partial charge in [-0.1, -0.05) is 0 Å². The molecular formula is C16H25ClN2O3. The number of hydrogen-bond acceptors (Lipinski definition) is 4. The van der Waals surface area contributed by atoms with Crippen molar-refractivity contribution < 1.29 is 14.3 Å². The number of nitrogens with zero attached hydrogens (tertiary/aromatic N) is 1. The predicted molar refractivity (Wildman–Crippen MR) is 88.9 cm³/mol. The number of hydrogen-bond donors (Lipinski definition) is 1. The van der Waals surface area contributed by atoms with E-state index in [1.807, 2.05) is 25.2 Å². The van der Waals surface area contributed by atoms with Crippen LogP contribution in [0, 0.1) is 5.92 Å². The highest BCUT2D eigenvalue weighted by molar-refractivity contribution is 5.85. The third kappa shape index (κ3) is 4.52. The lowest BCUT2D eigenvalue weighted by molar-refractivity contribution is -0.135. The van der Waals surface area contributed by atoms with Crippen molar-refractivity contribution in [2.45, 2.75) is 19.4 Å². The lowest BCUT2D eigenvalue weighted by atomic mass is 9.98. The Hall–Kier alpha value is -1.46. The fourth-order valence-corrected chi connectivity index (χ4v) is 2.69. The summed E-state index contributed by atoms with van der Waals surface area (Å²) in [5, 5.41) is 3.28. The summed E-state index contributed by atoms with van der Waals surface area (Å²) in [7, 11) is 5.10. The van der Waals surface area contributed by atoms with Gasteiger partial charge in [-0.05, 0) is 31.5 Å². The molecule has 1 aromatic carbocycles. The van der Waals surface area contributed by atoms with Gasteiger partial charge in [0.25, 0.3) is 0 Å². The van der Waals surface area contributed by atoms with Gasteiger partial charge in [-0.25, -0.2) is 0 Å². The van der Waals surface area contributed by atoms with Crippen LogP contribution in [-0.2, 0) is 11.3 Å². The number of nitrogens with one attached hydrogen (secondary N) is 1. The minimum absolute atomic E-state index is 0. The molecule has 1 fully saturated rings. The van der Waals surface area contributed by atoms with Gasteiger partial charge in [-0.2, -0.15) is 0 Å². The van der Waals surface area contributed by atoms with Crippen molar-refractivity contribution >= 4 is 18.3 Å². The molecule has 5 nitrogen and oxygen atoms in total. The molecule has 0 aromatic heterocycles. The van der Waals surface area contributed by atoms with Gasteiger partial charge in [0.1, 0.15) is 11.5 Å². The number of rotatable bonds is 5. The zero-order valence-corrected chi connectivity index (χ0v) is 14.2. The highest BCUT2D eigenvalue weighted by atomic mass is 35.5. The topological polar surface area (TPSA) is 50.8 Å². The monoisotopic (exact) mass is 328 g/mol. The second-order valence-corrected chi connectivity index (χ2v) is 5.42. The quantitative estimate of drug-likeness (QED) is 0.899. The summed E-state index contributed by atoms with van der Waals surface area (Å²) in [6.45, 7) is 2.34. The van der Waals surface area contributed by atoms with Crippen molar-refractivity contribution in [2.24, 2.45) is 5.92 Å². The Morgan fingerprint density at radius 2 is 2.14 bits per heavy atom. The van der Waals surface area contributed by atoms with E-state index < -0.39 is 0 Å². The Balaban J connectivity index is 0.00000242. The first kappa shape index (κ1) is 18.6. The maximum atomic E-state index is 12.4. The second-order valence-electron chi connectivity index (χ2n) is 5.42. The minimum atomic E-state index is 0. The molecule has 0 saturated carbocycles. The third-order valence-corrected chi connectivity index (χ3v) is 3.92. The molecule has 1 heterocycles. The summed E-state index contributed by atoms with van der Waals surface area (Å²) < 4.78 is 10.6. The van der Waals surface area contributed by atoms with Crippen LogP contribution in [0.1, 0.15) is 18.4 Å². The molecule has 22 heavy (non-hydrogen) atoms. The van der Waals surface area contributed by atoms with Crippen LogP contribution in [0.2, 0.25) is 0 Å². The molecule has 1 saturated heterocycles. The van der Waals surface area contributed by atoms with Crippen molar-refractivity contribution in [2.75, 3.05) is 34.4 Å². The van der Waals surface area contributed by atoms with Crippen LogP contribution in [0.15, 0.2) is 18.2 Å². The number of benzene rings is 1. The van der Waals surface area contributed by atoms with E-state index >= 15 is 0 Å². The molecule has 1 aliphatic rings. The fraction of sp³-hybridized carbons (Fsp3) is 0.562. The second kappa shape index (κ2) is 8.86. The first-order valence-electron chi connectivity index (χ1n) is 7.32. The lowest BCUT2D eigenvalue weighted by Gasteiger charge is -2.27. The van der Waals surface area contributed by atoms with Gasteiger partial charge in [0.15, 0.2) is 0 Å². The molecule has 1 unspecified atom stereocenters. The van der Waals surface area contributed by atoms with Crippen molar-refractivity contribution in [1.82, 2.24) is 10.2 Å². The number of methoxy groups -OCH3 is 2. The van der Waals surface area contributed by atoms with Crippen molar-refractivity contribution in [3.8, 4) is 11.5 Å². The van der Waals surface area contributed by atoms with Crippen LogP contribution in [0.5, 0.6) is 11.5 Å². The first-order chi connectivity index (χ1) is 10.2. The summed E-state index contributed by atoms with van der Waals surface area (Å²) in [6, 6.07) is 5.68. The number of halogens is 1. The Bertz CT molecular complexity index is 490. The smallest absolute Gasteiger partial charge is 0.227 e. The molecule has 1 amide bonds. The van der Waals surface area contributed by atoms with Crippen LogP contribution in [0.4, 0.5) is 0 Å². The maximum absolute atomic E-state index is 12.4. The SMILES string of the molecule is COc1ccc(CN(C)C(=O)C2CCCNC2)c(OC)c1.Cl. The van der Waals surface area contributed by atoms with E-state index in [-0.39, 0.29) is 24.2 Å². The average Bonchev–Trinajstić information content (AvgIpc) is 2.55. The van der Waals surface area contributed by atoms with Gasteiger partial charge in [-0.3, -0.25) is 4.79 Å². The third-order valence-electron chi connectivity index (χ3n) is 3.92. The molecule has 1 aromatic rings. The zero-order valence-electron chi connectivity index (χ0n) is 13.4. The largest absolute Gasteiger partial charge is 0.497 e. The molecule has 0 bridgehead atoms. The minimum Gasteiger partial charge on any atom is -0.497 e. The standard InChI is InChI=1S/C16H24N2O3.ClH/c1-18(16(19)12-5-4-8-17-10-12)11-13-6-7-14(20-2)9-15(13)21-3;/h6-7,9,12,17H,4-5,8,10-11H2,1-3H3;1H. The van der Waals surface area contributed by atoms with Crippen LogP contribution in [0.3, 0.4) is 0 Å². The van der Waals surface area contributed by atoms with Gasteiger partial charge in [0, 0.05) is 31.8 Å². The Morgan fingerprint density at radius 1 is 1.36 bits per heavy atom. The van der Waals surface area contributed by atoms with Crippen LogP contribution < -0.4 is 14.8 Å². The number of piperidine rings is 1. The van der Waals surface area contributed by atoms with E-state index in [0.717, 1.165) is 43.0 Å². The molecule has 0 radical (unpaired) electrons. The Morgan fingerprint density at radius 3 is 2.73 bits per heavy atom. The predicted octanol–water partition coefficient (Wildman–Crippen LogP) is 2.08. The van der Waals surface area contributed by atoms with Crippen molar-refractivity contribution in [3.63, 3.8) is 0 Å². The van der Waals surface area contributed by atoms with E-state index in [1.165, 1.54) is 0 Å². The highest BCUT2D eigenvalue weighted by Crippen LogP contribution is 2.26. The highest BCUT2D eigenvalue weighted by Gasteiger charge is 2.24. The maximum Gasteiger partial charge on any atom is 0.227 e. The molecule has 1 atom stereocenters. The zero-order chi connectivity index (χ0) is 15.2.